The van der Waals surface area contributed by atoms with Crippen LogP contribution in [0.4, 0.5) is 4.79 Å². The van der Waals surface area contributed by atoms with Crippen molar-refractivity contribution in [3.05, 3.63) is 0 Å². The van der Waals surface area contributed by atoms with Gasteiger partial charge in [-0.15, -0.1) is 0 Å². The van der Waals surface area contributed by atoms with Crippen LogP contribution in [0.1, 0.15) is 26.2 Å². The van der Waals surface area contributed by atoms with Crippen LogP contribution in [0.15, 0.2) is 0 Å². The third kappa shape index (κ3) is 4.22. The normalized spacial score (nSPS) is 18.9. The standard InChI is InChI=1S/C11H20N2O4/c1-11(17)4-7-13(8-5-11)10(16)12(2)6-3-9(14)15/h17H,3-8H2,1-2H3,(H,14,15). The lowest BCUT2D eigenvalue weighted by atomic mass is 9.94. The molecule has 6 heteroatoms. The van der Waals surface area contributed by atoms with Crippen molar-refractivity contribution in [1.29, 1.82) is 0 Å². The minimum absolute atomic E-state index is 0.0478. The van der Waals surface area contributed by atoms with Gasteiger partial charge in [0.25, 0.3) is 0 Å². The smallest absolute Gasteiger partial charge is 0.319 e. The maximum atomic E-state index is 11.9. The summed E-state index contributed by atoms with van der Waals surface area (Å²) in [5.41, 5.74) is -0.684. The first-order valence-corrected chi connectivity index (χ1v) is 5.76. The molecular weight excluding hydrogens is 224 g/mol. The van der Waals surface area contributed by atoms with E-state index in [9.17, 15) is 14.7 Å². The molecule has 1 aliphatic heterocycles. The summed E-state index contributed by atoms with van der Waals surface area (Å²) in [6, 6.07) is -0.165. The molecular formula is C11H20N2O4. The fourth-order valence-corrected chi connectivity index (χ4v) is 1.78. The van der Waals surface area contributed by atoms with Crippen molar-refractivity contribution < 1.29 is 19.8 Å². The van der Waals surface area contributed by atoms with Gasteiger partial charge in [0.15, 0.2) is 0 Å². The van der Waals surface area contributed by atoms with Crippen LogP contribution in [0.5, 0.6) is 0 Å². The molecule has 1 saturated heterocycles. The van der Waals surface area contributed by atoms with Gasteiger partial charge in [0, 0.05) is 26.7 Å². The van der Waals surface area contributed by atoms with Gasteiger partial charge in [-0.25, -0.2) is 4.79 Å². The second kappa shape index (κ2) is 5.35. The number of aliphatic carboxylic acids is 1. The van der Waals surface area contributed by atoms with Crippen LogP contribution in [0.25, 0.3) is 0 Å². The Hall–Kier alpha value is -1.30. The SMILES string of the molecule is CN(CCC(=O)O)C(=O)N1CCC(C)(O)CC1. The van der Waals surface area contributed by atoms with Crippen molar-refractivity contribution in [2.45, 2.75) is 31.8 Å². The molecule has 0 spiro atoms. The number of aliphatic hydroxyl groups is 1. The predicted octanol–water partition coefficient (Wildman–Crippen LogP) is 0.360. The zero-order valence-electron chi connectivity index (χ0n) is 10.3. The van der Waals surface area contributed by atoms with Gasteiger partial charge < -0.3 is 20.0 Å². The maximum absolute atomic E-state index is 11.9. The zero-order chi connectivity index (χ0) is 13.1. The number of hydrogen-bond acceptors (Lipinski definition) is 3. The predicted molar refractivity (Wildman–Crippen MR) is 61.7 cm³/mol. The highest BCUT2D eigenvalue weighted by molar-refractivity contribution is 5.75. The van der Waals surface area contributed by atoms with E-state index in [1.54, 1.807) is 18.9 Å². The van der Waals surface area contributed by atoms with Crippen LogP contribution in [0, 0.1) is 0 Å². The van der Waals surface area contributed by atoms with Crippen LogP contribution in [0.2, 0.25) is 0 Å². The van der Waals surface area contributed by atoms with Gasteiger partial charge in [-0.05, 0) is 19.8 Å². The van der Waals surface area contributed by atoms with E-state index in [-0.39, 0.29) is 19.0 Å². The van der Waals surface area contributed by atoms with E-state index < -0.39 is 11.6 Å². The summed E-state index contributed by atoms with van der Waals surface area (Å²) in [6.07, 6.45) is 1.07. The minimum Gasteiger partial charge on any atom is -0.481 e. The molecule has 0 radical (unpaired) electrons. The molecule has 1 rings (SSSR count). The average Bonchev–Trinajstić information content (AvgIpc) is 2.25. The molecule has 0 saturated carbocycles. The number of hydrogen-bond donors (Lipinski definition) is 2. The third-order valence-electron chi connectivity index (χ3n) is 3.10. The van der Waals surface area contributed by atoms with Gasteiger partial charge in [-0.2, -0.15) is 0 Å². The molecule has 0 aromatic carbocycles. The topological polar surface area (TPSA) is 81.1 Å². The van der Waals surface area contributed by atoms with E-state index in [2.05, 4.69) is 0 Å². The number of rotatable bonds is 3. The molecule has 0 unspecified atom stereocenters. The van der Waals surface area contributed by atoms with Crippen molar-refractivity contribution in [3.63, 3.8) is 0 Å². The number of carboxylic acid groups (broad SMARTS) is 1. The van der Waals surface area contributed by atoms with E-state index in [1.807, 2.05) is 0 Å². The summed E-state index contributed by atoms with van der Waals surface area (Å²) in [7, 11) is 1.60. The largest absolute Gasteiger partial charge is 0.481 e. The van der Waals surface area contributed by atoms with Crippen molar-refractivity contribution in [2.75, 3.05) is 26.7 Å². The second-order valence-corrected chi connectivity index (χ2v) is 4.83. The van der Waals surface area contributed by atoms with Gasteiger partial charge in [0.2, 0.25) is 0 Å². The Labute approximate surface area is 101 Å². The van der Waals surface area contributed by atoms with E-state index in [0.29, 0.717) is 25.9 Å². The molecule has 6 nitrogen and oxygen atoms in total. The van der Waals surface area contributed by atoms with Crippen LogP contribution < -0.4 is 0 Å². The monoisotopic (exact) mass is 244 g/mol. The number of carbonyl (C=O) groups excluding carboxylic acids is 1. The molecule has 0 aromatic rings. The van der Waals surface area contributed by atoms with Crippen LogP contribution in [-0.2, 0) is 4.79 Å². The molecule has 1 heterocycles. The van der Waals surface area contributed by atoms with E-state index in [1.165, 1.54) is 4.90 Å². The zero-order valence-corrected chi connectivity index (χ0v) is 10.3. The molecule has 0 bridgehead atoms. The van der Waals surface area contributed by atoms with Crippen LogP contribution >= 0.6 is 0 Å². The van der Waals surface area contributed by atoms with Gasteiger partial charge >= 0.3 is 12.0 Å². The number of carbonyl (C=O) groups is 2. The number of carboxylic acids is 1. The number of amides is 2. The summed E-state index contributed by atoms with van der Waals surface area (Å²) in [4.78, 5) is 25.4. The number of likely N-dealkylation sites (tertiary alicyclic amines) is 1. The number of piperidine rings is 1. The maximum Gasteiger partial charge on any atom is 0.319 e. The van der Waals surface area contributed by atoms with Gasteiger partial charge in [-0.1, -0.05) is 0 Å². The Morgan fingerprint density at radius 3 is 2.35 bits per heavy atom. The summed E-state index contributed by atoms with van der Waals surface area (Å²) < 4.78 is 0. The first-order valence-electron chi connectivity index (χ1n) is 5.76. The highest BCUT2D eigenvalue weighted by Crippen LogP contribution is 2.21. The van der Waals surface area contributed by atoms with E-state index >= 15 is 0 Å². The fraction of sp³-hybridized carbons (Fsp3) is 0.818. The molecule has 2 N–H and O–H groups in total. The summed E-state index contributed by atoms with van der Waals surface area (Å²) >= 11 is 0. The number of urea groups is 1. The van der Waals surface area contributed by atoms with Crippen LogP contribution in [0.3, 0.4) is 0 Å². The van der Waals surface area contributed by atoms with Crippen molar-refractivity contribution >= 4 is 12.0 Å². The minimum atomic E-state index is -0.911. The molecule has 98 valence electrons. The van der Waals surface area contributed by atoms with Crippen molar-refractivity contribution in [3.8, 4) is 0 Å². The second-order valence-electron chi connectivity index (χ2n) is 4.83. The Morgan fingerprint density at radius 2 is 1.88 bits per heavy atom. The first kappa shape index (κ1) is 13.8. The highest BCUT2D eigenvalue weighted by atomic mass is 16.4. The summed E-state index contributed by atoms with van der Waals surface area (Å²) in [5.74, 6) is -0.911. The lowest BCUT2D eigenvalue weighted by Crippen LogP contribution is -2.49. The van der Waals surface area contributed by atoms with Gasteiger partial charge in [0.1, 0.15) is 0 Å². The van der Waals surface area contributed by atoms with E-state index in [0.717, 1.165) is 0 Å². The quantitative estimate of drug-likeness (QED) is 0.751. The van der Waals surface area contributed by atoms with E-state index in [4.69, 9.17) is 5.11 Å². The Balaban J connectivity index is 2.40. The number of nitrogens with zero attached hydrogens (tertiary/aromatic N) is 2. The summed E-state index contributed by atoms with van der Waals surface area (Å²) in [6.45, 7) is 3.01. The highest BCUT2D eigenvalue weighted by Gasteiger charge is 2.30. The summed E-state index contributed by atoms with van der Waals surface area (Å²) in [5, 5.41) is 18.3. The molecule has 1 fully saturated rings. The fourth-order valence-electron chi connectivity index (χ4n) is 1.78. The molecule has 1 aliphatic rings. The Bertz CT molecular complexity index is 294. The average molecular weight is 244 g/mol. The van der Waals surface area contributed by atoms with Crippen molar-refractivity contribution in [2.24, 2.45) is 0 Å². The van der Waals surface area contributed by atoms with Crippen molar-refractivity contribution in [1.82, 2.24) is 9.80 Å². The lowest BCUT2D eigenvalue weighted by molar-refractivity contribution is -0.137. The Kier molecular flexibility index (Phi) is 4.34. The Morgan fingerprint density at radius 1 is 1.35 bits per heavy atom. The van der Waals surface area contributed by atoms with Gasteiger partial charge in [-0.3, -0.25) is 4.79 Å². The molecule has 2 amide bonds. The first-order chi connectivity index (χ1) is 7.82. The lowest BCUT2D eigenvalue weighted by Gasteiger charge is -2.37. The van der Waals surface area contributed by atoms with Crippen LogP contribution in [-0.4, -0.2) is 64.3 Å². The third-order valence-corrected chi connectivity index (χ3v) is 3.10. The molecule has 0 atom stereocenters. The molecule has 0 aromatic heterocycles. The molecule has 0 aliphatic carbocycles. The molecule has 17 heavy (non-hydrogen) atoms. The van der Waals surface area contributed by atoms with Gasteiger partial charge in [0.05, 0.1) is 12.0 Å².